The molecular formula is C14H17N3O3S. The molecule has 6 nitrogen and oxygen atoms in total. The summed E-state index contributed by atoms with van der Waals surface area (Å²) in [5, 5.41) is 12.3. The molecule has 7 heteroatoms. The Kier molecular flexibility index (Phi) is 4.87. The fourth-order valence-electron chi connectivity index (χ4n) is 2.09. The number of amides is 1. The second kappa shape index (κ2) is 6.64. The molecule has 0 fully saturated rings. The molecule has 21 heavy (non-hydrogen) atoms. The molecule has 112 valence electrons. The van der Waals surface area contributed by atoms with E-state index in [1.807, 2.05) is 30.5 Å². The minimum atomic E-state index is -1.13. The van der Waals surface area contributed by atoms with Gasteiger partial charge in [0, 0.05) is 22.9 Å². The van der Waals surface area contributed by atoms with Gasteiger partial charge in [-0.1, -0.05) is 18.2 Å². The highest BCUT2D eigenvalue weighted by Gasteiger charge is 2.22. The average Bonchev–Trinajstić information content (AvgIpc) is 2.87. The number of thiol groups is 1. The number of carbonyl (C=O) groups excluding carboxylic acids is 1. The van der Waals surface area contributed by atoms with Crippen LogP contribution < -0.4 is 11.1 Å². The molecule has 5 N–H and O–H groups in total. The van der Waals surface area contributed by atoms with Gasteiger partial charge in [-0.25, -0.2) is 4.79 Å². The van der Waals surface area contributed by atoms with Crippen LogP contribution in [0.1, 0.15) is 5.56 Å². The number of benzene rings is 1. The zero-order valence-electron chi connectivity index (χ0n) is 11.2. The maximum Gasteiger partial charge on any atom is 0.327 e. The lowest BCUT2D eigenvalue weighted by Crippen LogP contribution is -2.50. The van der Waals surface area contributed by atoms with Gasteiger partial charge in [-0.3, -0.25) is 4.79 Å². The molecule has 0 radical (unpaired) electrons. The van der Waals surface area contributed by atoms with Crippen molar-refractivity contribution in [3.8, 4) is 0 Å². The smallest absolute Gasteiger partial charge is 0.327 e. The number of carboxylic acids is 1. The largest absolute Gasteiger partial charge is 0.480 e. The van der Waals surface area contributed by atoms with Crippen molar-refractivity contribution in [2.75, 3.05) is 5.75 Å². The number of carbonyl (C=O) groups is 2. The normalized spacial score (nSPS) is 13.8. The Labute approximate surface area is 127 Å². The minimum Gasteiger partial charge on any atom is -0.480 e. The first-order valence-corrected chi connectivity index (χ1v) is 7.10. The molecule has 0 spiro atoms. The van der Waals surface area contributed by atoms with Crippen molar-refractivity contribution in [3.05, 3.63) is 36.0 Å². The van der Waals surface area contributed by atoms with Gasteiger partial charge in [0.15, 0.2) is 0 Å². The zero-order chi connectivity index (χ0) is 15.4. The quantitative estimate of drug-likeness (QED) is 0.502. The maximum absolute atomic E-state index is 11.9. The summed E-state index contributed by atoms with van der Waals surface area (Å²) >= 11 is 3.89. The molecule has 1 aromatic carbocycles. The van der Waals surface area contributed by atoms with E-state index in [4.69, 9.17) is 10.8 Å². The number of nitrogens with one attached hydrogen (secondary N) is 2. The fourth-order valence-corrected chi connectivity index (χ4v) is 2.34. The summed E-state index contributed by atoms with van der Waals surface area (Å²) in [5.74, 6) is -1.61. The lowest BCUT2D eigenvalue weighted by Gasteiger charge is -2.16. The molecular weight excluding hydrogens is 290 g/mol. The Balaban J connectivity index is 2.05. The van der Waals surface area contributed by atoms with E-state index in [9.17, 15) is 9.59 Å². The number of rotatable bonds is 6. The Bertz CT molecular complexity index is 656. The van der Waals surface area contributed by atoms with Gasteiger partial charge in [0.25, 0.3) is 0 Å². The summed E-state index contributed by atoms with van der Waals surface area (Å²) < 4.78 is 0. The third-order valence-corrected chi connectivity index (χ3v) is 3.61. The molecule has 2 aromatic rings. The average molecular weight is 307 g/mol. The summed E-state index contributed by atoms with van der Waals surface area (Å²) in [5.41, 5.74) is 7.75. The Morgan fingerprint density at radius 2 is 2.10 bits per heavy atom. The van der Waals surface area contributed by atoms with Gasteiger partial charge in [-0.15, -0.1) is 0 Å². The van der Waals surface area contributed by atoms with Crippen LogP contribution in [0.2, 0.25) is 0 Å². The molecule has 1 heterocycles. The number of fused-ring (bicyclic) bond motifs is 1. The van der Waals surface area contributed by atoms with Gasteiger partial charge >= 0.3 is 5.97 Å². The van der Waals surface area contributed by atoms with Crippen molar-refractivity contribution >= 4 is 35.4 Å². The molecule has 0 saturated heterocycles. The number of nitrogens with two attached hydrogens (primary N) is 1. The van der Waals surface area contributed by atoms with E-state index in [2.05, 4.69) is 22.9 Å². The van der Waals surface area contributed by atoms with E-state index in [-0.39, 0.29) is 5.75 Å². The van der Waals surface area contributed by atoms with Crippen LogP contribution in [0.3, 0.4) is 0 Å². The van der Waals surface area contributed by atoms with Crippen molar-refractivity contribution in [3.63, 3.8) is 0 Å². The van der Waals surface area contributed by atoms with Crippen LogP contribution in [0.5, 0.6) is 0 Å². The standard InChI is InChI=1S/C14H17N3O3S/c15-10(13(18)17-12(7-21)14(19)20)5-8-6-16-11-4-2-1-3-9(8)11/h1-4,6,10,12,16,21H,5,7,15H2,(H,17,18)(H,19,20). The summed E-state index contributed by atoms with van der Waals surface area (Å²) in [6, 6.07) is 5.86. The van der Waals surface area contributed by atoms with Gasteiger partial charge in [-0.2, -0.15) is 12.6 Å². The Morgan fingerprint density at radius 3 is 2.76 bits per heavy atom. The Morgan fingerprint density at radius 1 is 1.38 bits per heavy atom. The summed E-state index contributed by atoms with van der Waals surface area (Å²) in [4.78, 5) is 25.9. The van der Waals surface area contributed by atoms with Gasteiger partial charge in [-0.05, 0) is 18.1 Å². The van der Waals surface area contributed by atoms with Crippen LogP contribution >= 0.6 is 12.6 Å². The molecule has 0 saturated carbocycles. The molecule has 0 aliphatic heterocycles. The molecule has 2 unspecified atom stereocenters. The van der Waals surface area contributed by atoms with Gasteiger partial charge in [0.1, 0.15) is 6.04 Å². The second-order valence-electron chi connectivity index (χ2n) is 4.75. The van der Waals surface area contributed by atoms with Crippen LogP contribution in [0.15, 0.2) is 30.5 Å². The van der Waals surface area contributed by atoms with Crippen molar-refractivity contribution in [1.29, 1.82) is 0 Å². The molecule has 2 atom stereocenters. The number of H-pyrrole nitrogens is 1. The van der Waals surface area contributed by atoms with Crippen LogP contribution in [-0.4, -0.2) is 39.8 Å². The van der Waals surface area contributed by atoms with Gasteiger partial charge < -0.3 is 21.1 Å². The number of aromatic nitrogens is 1. The predicted octanol–water partition coefficient (Wildman–Crippen LogP) is 0.537. The fraction of sp³-hybridized carbons (Fsp3) is 0.286. The van der Waals surface area contributed by atoms with Crippen LogP contribution in [0.4, 0.5) is 0 Å². The highest BCUT2D eigenvalue weighted by molar-refractivity contribution is 7.80. The predicted molar refractivity (Wildman–Crippen MR) is 83.4 cm³/mol. The van der Waals surface area contributed by atoms with E-state index >= 15 is 0 Å². The van der Waals surface area contributed by atoms with Crippen LogP contribution in [0, 0.1) is 0 Å². The molecule has 0 aliphatic carbocycles. The van der Waals surface area contributed by atoms with Crippen LogP contribution in [-0.2, 0) is 16.0 Å². The van der Waals surface area contributed by atoms with E-state index in [0.29, 0.717) is 6.42 Å². The first-order chi connectivity index (χ1) is 10.0. The van der Waals surface area contributed by atoms with Crippen molar-refractivity contribution in [1.82, 2.24) is 10.3 Å². The minimum absolute atomic E-state index is 0.0148. The molecule has 2 rings (SSSR count). The molecule has 0 bridgehead atoms. The van der Waals surface area contributed by atoms with Gasteiger partial charge in [0.05, 0.1) is 6.04 Å². The van der Waals surface area contributed by atoms with Crippen LogP contribution in [0.25, 0.3) is 10.9 Å². The maximum atomic E-state index is 11.9. The third kappa shape index (κ3) is 3.56. The first-order valence-electron chi connectivity index (χ1n) is 6.47. The summed E-state index contributed by atoms with van der Waals surface area (Å²) in [7, 11) is 0. The van der Waals surface area contributed by atoms with E-state index in [0.717, 1.165) is 16.5 Å². The second-order valence-corrected chi connectivity index (χ2v) is 5.12. The number of aliphatic carboxylic acids is 1. The molecule has 0 aliphatic rings. The highest BCUT2D eigenvalue weighted by atomic mass is 32.1. The summed E-state index contributed by atoms with van der Waals surface area (Å²) in [6.07, 6.45) is 2.14. The number of carboxylic acid groups (broad SMARTS) is 1. The molecule has 1 amide bonds. The SMILES string of the molecule is NC(Cc1c[nH]c2ccccc12)C(=O)NC(CS)C(=O)O. The van der Waals surface area contributed by atoms with Gasteiger partial charge in [0.2, 0.25) is 5.91 Å². The first kappa shape index (κ1) is 15.4. The zero-order valence-corrected chi connectivity index (χ0v) is 12.1. The highest BCUT2D eigenvalue weighted by Crippen LogP contribution is 2.18. The lowest BCUT2D eigenvalue weighted by molar-refractivity contribution is -0.141. The molecule has 1 aromatic heterocycles. The summed E-state index contributed by atoms with van der Waals surface area (Å²) in [6.45, 7) is 0. The third-order valence-electron chi connectivity index (χ3n) is 3.25. The van der Waals surface area contributed by atoms with Crippen molar-refractivity contribution in [2.24, 2.45) is 5.73 Å². The topological polar surface area (TPSA) is 108 Å². The van der Waals surface area contributed by atoms with Crippen molar-refractivity contribution < 1.29 is 14.7 Å². The number of aromatic amines is 1. The number of hydrogen-bond donors (Lipinski definition) is 5. The number of hydrogen-bond acceptors (Lipinski definition) is 4. The monoisotopic (exact) mass is 307 g/mol. The number of para-hydroxylation sites is 1. The Hall–Kier alpha value is -1.99. The van der Waals surface area contributed by atoms with E-state index < -0.39 is 24.0 Å². The van der Waals surface area contributed by atoms with Crippen molar-refractivity contribution in [2.45, 2.75) is 18.5 Å². The van der Waals surface area contributed by atoms with E-state index in [1.54, 1.807) is 0 Å². The lowest BCUT2D eigenvalue weighted by atomic mass is 10.0. The van der Waals surface area contributed by atoms with E-state index in [1.165, 1.54) is 0 Å².